The van der Waals surface area contributed by atoms with Gasteiger partial charge < -0.3 is 5.11 Å². The lowest BCUT2D eigenvalue weighted by Crippen LogP contribution is -2.56. The van der Waals surface area contributed by atoms with Crippen LogP contribution in [0.4, 0.5) is 0 Å². The molecule has 2 aliphatic rings. The van der Waals surface area contributed by atoms with Crippen molar-refractivity contribution < 1.29 is 9.90 Å². The van der Waals surface area contributed by atoms with Gasteiger partial charge in [0.15, 0.2) is 0 Å². The van der Waals surface area contributed by atoms with Crippen LogP contribution in [0, 0.1) is 17.3 Å². The van der Waals surface area contributed by atoms with Crippen LogP contribution in [0.3, 0.4) is 0 Å². The summed E-state index contributed by atoms with van der Waals surface area (Å²) in [7, 11) is 0. The molecule has 1 unspecified atom stereocenters. The summed E-state index contributed by atoms with van der Waals surface area (Å²) < 4.78 is 0. The van der Waals surface area contributed by atoms with Crippen molar-refractivity contribution in [2.45, 2.75) is 33.1 Å². The van der Waals surface area contributed by atoms with Crippen LogP contribution >= 0.6 is 0 Å². The van der Waals surface area contributed by atoms with E-state index < -0.39 is 5.97 Å². The maximum atomic E-state index is 10.5. The third-order valence-electron chi connectivity index (χ3n) is 4.16. The molecule has 0 aromatic carbocycles. The second-order valence-corrected chi connectivity index (χ2v) is 5.79. The number of carbonyl (C=O) groups is 1. The molecule has 1 saturated heterocycles. The highest BCUT2D eigenvalue weighted by molar-refractivity contribution is 5.69. The lowest BCUT2D eigenvalue weighted by Gasteiger charge is -2.48. The summed E-state index contributed by atoms with van der Waals surface area (Å²) in [6.45, 7) is 6.87. The molecule has 2 rings (SSSR count). The molecular formula is C12H21NO2. The number of aliphatic carboxylic acids is 1. The number of nitrogens with zero attached hydrogens (tertiary/aromatic N) is 1. The van der Waals surface area contributed by atoms with Crippen LogP contribution in [-0.4, -0.2) is 35.6 Å². The van der Waals surface area contributed by atoms with E-state index in [-0.39, 0.29) is 6.54 Å². The van der Waals surface area contributed by atoms with Gasteiger partial charge in [-0.05, 0) is 36.5 Å². The Balaban J connectivity index is 1.81. The van der Waals surface area contributed by atoms with Crippen molar-refractivity contribution in [2.75, 3.05) is 19.6 Å². The first-order valence-corrected chi connectivity index (χ1v) is 5.95. The fourth-order valence-corrected chi connectivity index (χ4v) is 3.31. The summed E-state index contributed by atoms with van der Waals surface area (Å²) in [6.07, 6.45) is 3.98. The molecule has 3 nitrogen and oxygen atoms in total. The van der Waals surface area contributed by atoms with Gasteiger partial charge in [0.1, 0.15) is 0 Å². The minimum Gasteiger partial charge on any atom is -0.480 e. The number of likely N-dealkylation sites (tertiary alicyclic amines) is 1. The van der Waals surface area contributed by atoms with E-state index in [1.54, 1.807) is 0 Å². The highest BCUT2D eigenvalue weighted by Crippen LogP contribution is 2.49. The van der Waals surface area contributed by atoms with E-state index in [4.69, 9.17) is 5.11 Å². The predicted octanol–water partition coefficient (Wildman–Crippen LogP) is 1.83. The van der Waals surface area contributed by atoms with Gasteiger partial charge in [-0.3, -0.25) is 9.69 Å². The first-order valence-electron chi connectivity index (χ1n) is 5.95. The molecule has 1 aliphatic heterocycles. The van der Waals surface area contributed by atoms with Crippen molar-refractivity contribution >= 4 is 5.97 Å². The standard InChI is InChI=1S/C12H21NO2/c1-9(2)10-3-4-12(5-10)7-13(8-12)6-11(14)15/h9-10H,3-8H2,1-2H3,(H,14,15). The molecule has 1 aliphatic carbocycles. The summed E-state index contributed by atoms with van der Waals surface area (Å²) in [4.78, 5) is 12.6. The lowest BCUT2D eigenvalue weighted by molar-refractivity contribution is -0.141. The number of carboxylic acid groups (broad SMARTS) is 1. The highest BCUT2D eigenvalue weighted by Gasteiger charge is 2.48. The largest absolute Gasteiger partial charge is 0.480 e. The zero-order valence-corrected chi connectivity index (χ0v) is 9.70. The van der Waals surface area contributed by atoms with Gasteiger partial charge in [0.2, 0.25) is 0 Å². The van der Waals surface area contributed by atoms with Gasteiger partial charge in [0.05, 0.1) is 6.54 Å². The fraction of sp³-hybridized carbons (Fsp3) is 0.917. The molecule has 1 N–H and O–H groups in total. The molecule has 0 bridgehead atoms. The molecule has 86 valence electrons. The third kappa shape index (κ3) is 2.17. The normalized spacial score (nSPS) is 29.7. The number of carboxylic acids is 1. The van der Waals surface area contributed by atoms with Crippen molar-refractivity contribution in [3.05, 3.63) is 0 Å². The van der Waals surface area contributed by atoms with E-state index in [1.165, 1.54) is 19.3 Å². The van der Waals surface area contributed by atoms with Gasteiger partial charge >= 0.3 is 5.97 Å². The number of hydrogen-bond donors (Lipinski definition) is 1. The molecule has 1 saturated carbocycles. The molecule has 3 heteroatoms. The minimum absolute atomic E-state index is 0.230. The van der Waals surface area contributed by atoms with Crippen molar-refractivity contribution in [1.29, 1.82) is 0 Å². The van der Waals surface area contributed by atoms with Crippen LogP contribution in [0.2, 0.25) is 0 Å². The topological polar surface area (TPSA) is 40.5 Å². The second-order valence-electron chi connectivity index (χ2n) is 5.79. The first-order chi connectivity index (χ1) is 7.01. The van der Waals surface area contributed by atoms with Gasteiger partial charge in [0.25, 0.3) is 0 Å². The molecule has 0 amide bonds. The Labute approximate surface area is 91.5 Å². The van der Waals surface area contributed by atoms with Gasteiger partial charge in [-0.15, -0.1) is 0 Å². The average Bonchev–Trinajstić information content (AvgIpc) is 2.47. The van der Waals surface area contributed by atoms with Crippen LogP contribution in [0.15, 0.2) is 0 Å². The maximum absolute atomic E-state index is 10.5. The van der Waals surface area contributed by atoms with Crippen LogP contribution in [0.5, 0.6) is 0 Å². The van der Waals surface area contributed by atoms with Gasteiger partial charge in [-0.25, -0.2) is 0 Å². The zero-order chi connectivity index (χ0) is 11.1. The van der Waals surface area contributed by atoms with E-state index in [0.29, 0.717) is 5.41 Å². The Kier molecular flexibility index (Phi) is 2.75. The molecule has 1 heterocycles. The van der Waals surface area contributed by atoms with Gasteiger partial charge in [0, 0.05) is 13.1 Å². The van der Waals surface area contributed by atoms with E-state index in [1.807, 2.05) is 0 Å². The molecule has 1 atom stereocenters. The predicted molar refractivity (Wildman–Crippen MR) is 58.7 cm³/mol. The SMILES string of the molecule is CC(C)C1CCC2(C1)CN(CC(=O)O)C2. The quantitative estimate of drug-likeness (QED) is 0.774. The second kappa shape index (κ2) is 3.78. The molecule has 0 aromatic heterocycles. The van der Waals surface area contributed by atoms with Crippen LogP contribution in [0.25, 0.3) is 0 Å². The monoisotopic (exact) mass is 211 g/mol. The Morgan fingerprint density at radius 1 is 1.53 bits per heavy atom. The van der Waals surface area contributed by atoms with Crippen molar-refractivity contribution in [1.82, 2.24) is 4.90 Å². The molecular weight excluding hydrogens is 190 g/mol. The lowest BCUT2D eigenvalue weighted by atomic mass is 9.76. The summed E-state index contributed by atoms with van der Waals surface area (Å²) in [5, 5.41) is 8.68. The number of hydrogen-bond acceptors (Lipinski definition) is 2. The molecule has 1 spiro atoms. The summed E-state index contributed by atoms with van der Waals surface area (Å²) >= 11 is 0. The van der Waals surface area contributed by atoms with E-state index in [0.717, 1.165) is 24.9 Å². The summed E-state index contributed by atoms with van der Waals surface area (Å²) in [5.74, 6) is 0.970. The van der Waals surface area contributed by atoms with Gasteiger partial charge in [-0.1, -0.05) is 13.8 Å². The minimum atomic E-state index is -0.691. The third-order valence-corrected chi connectivity index (χ3v) is 4.16. The first kappa shape index (κ1) is 10.9. The molecule has 0 aromatic rings. The molecule has 0 radical (unpaired) electrons. The van der Waals surface area contributed by atoms with Crippen molar-refractivity contribution in [2.24, 2.45) is 17.3 Å². The average molecular weight is 211 g/mol. The summed E-state index contributed by atoms with van der Waals surface area (Å²) in [5.41, 5.74) is 0.490. The van der Waals surface area contributed by atoms with Crippen LogP contribution in [0.1, 0.15) is 33.1 Å². The highest BCUT2D eigenvalue weighted by atomic mass is 16.4. The Bertz CT molecular complexity index is 256. The van der Waals surface area contributed by atoms with Crippen molar-refractivity contribution in [3.8, 4) is 0 Å². The molecule has 2 fully saturated rings. The Morgan fingerprint density at radius 3 is 2.67 bits per heavy atom. The van der Waals surface area contributed by atoms with Crippen molar-refractivity contribution in [3.63, 3.8) is 0 Å². The van der Waals surface area contributed by atoms with Crippen LogP contribution < -0.4 is 0 Å². The van der Waals surface area contributed by atoms with E-state index >= 15 is 0 Å². The van der Waals surface area contributed by atoms with E-state index in [2.05, 4.69) is 18.7 Å². The van der Waals surface area contributed by atoms with Gasteiger partial charge in [-0.2, -0.15) is 0 Å². The maximum Gasteiger partial charge on any atom is 0.317 e. The fourth-order valence-electron chi connectivity index (χ4n) is 3.31. The van der Waals surface area contributed by atoms with E-state index in [9.17, 15) is 4.79 Å². The molecule has 15 heavy (non-hydrogen) atoms. The zero-order valence-electron chi connectivity index (χ0n) is 9.70. The number of rotatable bonds is 3. The summed E-state index contributed by atoms with van der Waals surface area (Å²) in [6, 6.07) is 0. The van der Waals surface area contributed by atoms with Crippen LogP contribution in [-0.2, 0) is 4.79 Å². The Morgan fingerprint density at radius 2 is 2.20 bits per heavy atom. The Hall–Kier alpha value is -0.570. The smallest absolute Gasteiger partial charge is 0.317 e.